The standard InChI is InChI=1S/C12H19NO2/c1-4-11-10(12(14)15)6-8-13(11)7-5-9(2)3/h6,8-9H,4-5,7H2,1-3H3,(H,14,15). The SMILES string of the molecule is CCc1c(C(=O)O)ccn1CCC(C)C. The Morgan fingerprint density at radius 1 is 1.53 bits per heavy atom. The lowest BCUT2D eigenvalue weighted by molar-refractivity contribution is 0.0695. The minimum absolute atomic E-state index is 0.446. The van der Waals surface area contributed by atoms with Crippen molar-refractivity contribution in [3.8, 4) is 0 Å². The average Bonchev–Trinajstić information content (AvgIpc) is 2.57. The van der Waals surface area contributed by atoms with Gasteiger partial charge in [0.15, 0.2) is 0 Å². The van der Waals surface area contributed by atoms with Crippen LogP contribution in [0, 0.1) is 5.92 Å². The largest absolute Gasteiger partial charge is 0.478 e. The quantitative estimate of drug-likeness (QED) is 0.810. The monoisotopic (exact) mass is 209 g/mol. The minimum Gasteiger partial charge on any atom is -0.478 e. The van der Waals surface area contributed by atoms with E-state index in [0.717, 1.165) is 25.1 Å². The predicted octanol–water partition coefficient (Wildman–Crippen LogP) is 2.79. The van der Waals surface area contributed by atoms with Gasteiger partial charge in [0.2, 0.25) is 0 Å². The van der Waals surface area contributed by atoms with Crippen LogP contribution in [0.15, 0.2) is 12.3 Å². The van der Waals surface area contributed by atoms with E-state index in [1.165, 1.54) is 0 Å². The molecule has 84 valence electrons. The fraction of sp³-hybridized carbons (Fsp3) is 0.583. The molecular weight excluding hydrogens is 190 g/mol. The molecular formula is C12H19NO2. The Morgan fingerprint density at radius 3 is 2.67 bits per heavy atom. The third kappa shape index (κ3) is 2.85. The summed E-state index contributed by atoms with van der Waals surface area (Å²) in [6.45, 7) is 7.25. The first-order chi connectivity index (χ1) is 7.06. The second kappa shape index (κ2) is 5.01. The van der Waals surface area contributed by atoms with E-state index >= 15 is 0 Å². The Labute approximate surface area is 90.7 Å². The first-order valence-electron chi connectivity index (χ1n) is 5.47. The summed E-state index contributed by atoms with van der Waals surface area (Å²) in [5.74, 6) is -0.180. The van der Waals surface area contributed by atoms with Crippen LogP contribution in [0.2, 0.25) is 0 Å². The summed E-state index contributed by atoms with van der Waals surface area (Å²) >= 11 is 0. The lowest BCUT2D eigenvalue weighted by atomic mass is 10.1. The van der Waals surface area contributed by atoms with Crippen molar-refractivity contribution < 1.29 is 9.90 Å². The first-order valence-corrected chi connectivity index (χ1v) is 5.47. The normalized spacial score (nSPS) is 10.9. The summed E-state index contributed by atoms with van der Waals surface area (Å²) in [7, 11) is 0. The fourth-order valence-corrected chi connectivity index (χ4v) is 1.70. The molecule has 0 unspecified atom stereocenters. The molecule has 0 saturated heterocycles. The molecule has 0 bridgehead atoms. The van der Waals surface area contributed by atoms with Crippen molar-refractivity contribution >= 4 is 5.97 Å². The van der Waals surface area contributed by atoms with Crippen molar-refractivity contribution in [2.45, 2.75) is 40.2 Å². The molecule has 0 spiro atoms. The van der Waals surface area contributed by atoms with Gasteiger partial charge in [0.05, 0.1) is 5.56 Å². The number of carboxylic acids is 1. The maximum absolute atomic E-state index is 10.9. The highest BCUT2D eigenvalue weighted by Gasteiger charge is 2.13. The van der Waals surface area contributed by atoms with Crippen LogP contribution in [0.25, 0.3) is 0 Å². The molecule has 0 saturated carbocycles. The van der Waals surface area contributed by atoms with Crippen molar-refractivity contribution in [2.24, 2.45) is 5.92 Å². The van der Waals surface area contributed by atoms with Crippen LogP contribution in [0.3, 0.4) is 0 Å². The molecule has 0 atom stereocenters. The number of nitrogens with zero attached hydrogens (tertiary/aromatic N) is 1. The van der Waals surface area contributed by atoms with E-state index in [-0.39, 0.29) is 0 Å². The maximum Gasteiger partial charge on any atom is 0.337 e. The summed E-state index contributed by atoms with van der Waals surface area (Å²) in [4.78, 5) is 10.9. The number of aromatic carboxylic acids is 1. The van der Waals surface area contributed by atoms with Crippen LogP contribution in [0.1, 0.15) is 43.2 Å². The van der Waals surface area contributed by atoms with Gasteiger partial charge in [0.1, 0.15) is 0 Å². The van der Waals surface area contributed by atoms with E-state index in [2.05, 4.69) is 18.4 Å². The Bertz CT molecular complexity index is 339. The van der Waals surface area contributed by atoms with E-state index < -0.39 is 5.97 Å². The highest BCUT2D eigenvalue weighted by Crippen LogP contribution is 2.14. The molecule has 0 aliphatic carbocycles. The molecule has 0 fully saturated rings. The first kappa shape index (κ1) is 11.8. The summed E-state index contributed by atoms with van der Waals surface area (Å²) in [5.41, 5.74) is 1.38. The molecule has 1 aromatic rings. The van der Waals surface area contributed by atoms with Crippen LogP contribution < -0.4 is 0 Å². The van der Waals surface area contributed by atoms with Crippen LogP contribution in [0.5, 0.6) is 0 Å². The van der Waals surface area contributed by atoms with Crippen LogP contribution >= 0.6 is 0 Å². The number of aryl methyl sites for hydroxylation is 1. The van der Waals surface area contributed by atoms with Gasteiger partial charge in [-0.1, -0.05) is 20.8 Å². The molecule has 1 heterocycles. The second-order valence-electron chi connectivity index (χ2n) is 4.21. The fourth-order valence-electron chi connectivity index (χ4n) is 1.70. The Balaban J connectivity index is 2.84. The molecule has 0 radical (unpaired) electrons. The summed E-state index contributed by atoms with van der Waals surface area (Å²) in [6, 6.07) is 1.70. The molecule has 1 rings (SSSR count). The molecule has 1 aromatic heterocycles. The van der Waals surface area contributed by atoms with Crippen molar-refractivity contribution in [2.75, 3.05) is 0 Å². The van der Waals surface area contributed by atoms with Gasteiger partial charge in [-0.05, 0) is 24.8 Å². The zero-order valence-corrected chi connectivity index (χ0v) is 9.66. The average molecular weight is 209 g/mol. The lowest BCUT2D eigenvalue weighted by Crippen LogP contribution is -2.07. The van der Waals surface area contributed by atoms with Gasteiger partial charge < -0.3 is 9.67 Å². The van der Waals surface area contributed by atoms with Gasteiger partial charge in [0, 0.05) is 18.4 Å². The van der Waals surface area contributed by atoms with Gasteiger partial charge in [-0.2, -0.15) is 0 Å². The number of hydrogen-bond acceptors (Lipinski definition) is 1. The van der Waals surface area contributed by atoms with Crippen molar-refractivity contribution in [3.05, 3.63) is 23.5 Å². The molecule has 0 amide bonds. The Hall–Kier alpha value is -1.25. The predicted molar refractivity (Wildman–Crippen MR) is 60.2 cm³/mol. The van der Waals surface area contributed by atoms with E-state index in [1.54, 1.807) is 6.07 Å². The second-order valence-corrected chi connectivity index (χ2v) is 4.21. The summed E-state index contributed by atoms with van der Waals surface area (Å²) < 4.78 is 2.06. The number of carboxylic acid groups (broad SMARTS) is 1. The maximum atomic E-state index is 10.9. The molecule has 3 nitrogen and oxygen atoms in total. The number of aromatic nitrogens is 1. The van der Waals surface area contributed by atoms with Crippen molar-refractivity contribution in [3.63, 3.8) is 0 Å². The Kier molecular flexibility index (Phi) is 3.95. The summed E-state index contributed by atoms with van der Waals surface area (Å²) in [5, 5.41) is 8.97. The van der Waals surface area contributed by atoms with E-state index in [1.807, 2.05) is 13.1 Å². The number of carbonyl (C=O) groups is 1. The molecule has 15 heavy (non-hydrogen) atoms. The van der Waals surface area contributed by atoms with Gasteiger partial charge in [0.25, 0.3) is 0 Å². The van der Waals surface area contributed by atoms with Gasteiger partial charge in [-0.3, -0.25) is 0 Å². The third-order valence-electron chi connectivity index (χ3n) is 2.59. The highest BCUT2D eigenvalue weighted by molar-refractivity contribution is 5.89. The van der Waals surface area contributed by atoms with Crippen molar-refractivity contribution in [1.29, 1.82) is 0 Å². The zero-order chi connectivity index (χ0) is 11.4. The Morgan fingerprint density at radius 2 is 2.20 bits per heavy atom. The number of hydrogen-bond donors (Lipinski definition) is 1. The van der Waals surface area contributed by atoms with E-state index in [4.69, 9.17) is 5.11 Å². The van der Waals surface area contributed by atoms with E-state index in [9.17, 15) is 4.79 Å². The van der Waals surface area contributed by atoms with Gasteiger partial charge in [-0.25, -0.2) is 4.79 Å². The van der Waals surface area contributed by atoms with E-state index in [0.29, 0.717) is 11.5 Å². The molecule has 0 aliphatic heterocycles. The molecule has 3 heteroatoms. The van der Waals surface area contributed by atoms with Gasteiger partial charge in [-0.15, -0.1) is 0 Å². The van der Waals surface area contributed by atoms with Gasteiger partial charge >= 0.3 is 5.97 Å². The topological polar surface area (TPSA) is 42.2 Å². The van der Waals surface area contributed by atoms with Crippen LogP contribution in [-0.4, -0.2) is 15.6 Å². The van der Waals surface area contributed by atoms with Crippen LogP contribution in [0.4, 0.5) is 0 Å². The third-order valence-corrected chi connectivity index (χ3v) is 2.59. The summed E-state index contributed by atoms with van der Waals surface area (Å²) in [6.07, 6.45) is 3.73. The smallest absolute Gasteiger partial charge is 0.337 e. The molecule has 0 aromatic carbocycles. The molecule has 0 aliphatic rings. The zero-order valence-electron chi connectivity index (χ0n) is 9.66. The number of rotatable bonds is 5. The lowest BCUT2D eigenvalue weighted by Gasteiger charge is -2.10. The minimum atomic E-state index is -0.824. The highest BCUT2D eigenvalue weighted by atomic mass is 16.4. The van der Waals surface area contributed by atoms with Crippen molar-refractivity contribution in [1.82, 2.24) is 4.57 Å². The van der Waals surface area contributed by atoms with Crippen LogP contribution in [-0.2, 0) is 13.0 Å². The molecule has 1 N–H and O–H groups in total.